The molecule has 9 heteroatoms. The number of amides is 2. The zero-order valence-electron chi connectivity index (χ0n) is 12.1. The molecule has 23 heavy (non-hydrogen) atoms. The van der Waals surface area contributed by atoms with E-state index in [1.54, 1.807) is 32.0 Å². The van der Waals surface area contributed by atoms with Crippen LogP contribution in [0.1, 0.15) is 18.2 Å². The fourth-order valence-electron chi connectivity index (χ4n) is 1.63. The molecule has 2 rings (SSSR count). The largest absolute Gasteiger partial charge is 0.325 e. The van der Waals surface area contributed by atoms with Crippen molar-refractivity contribution in [1.29, 1.82) is 5.26 Å². The normalized spacial score (nSPS) is 11.0. The predicted molar refractivity (Wildman–Crippen MR) is 97.0 cm³/mol. The second-order valence-electron chi connectivity index (χ2n) is 4.40. The number of hydrogen-bond acceptors (Lipinski definition) is 5. The molecular weight excluding hydrogens is 402 g/mol. The summed E-state index contributed by atoms with van der Waals surface area (Å²) in [5, 5.41) is 15.7. The van der Waals surface area contributed by atoms with E-state index in [0.717, 1.165) is 0 Å². The average Bonchev–Trinajstić information content (AvgIpc) is 2.79. The number of carbonyl (C=O) groups excluding carboxylic acids is 1. The van der Waals surface area contributed by atoms with Gasteiger partial charge in [0.1, 0.15) is 16.2 Å². The first kappa shape index (κ1) is 17.4. The van der Waals surface area contributed by atoms with E-state index in [-0.39, 0.29) is 0 Å². The van der Waals surface area contributed by atoms with E-state index in [0.29, 0.717) is 36.7 Å². The van der Waals surface area contributed by atoms with Crippen LogP contribution in [0, 0.1) is 18.3 Å². The maximum absolute atomic E-state index is 12.0. The number of nitrogens with one attached hydrogen (secondary N) is 2. The lowest BCUT2D eigenvalue weighted by Gasteiger charge is -2.06. The van der Waals surface area contributed by atoms with Gasteiger partial charge in [-0.2, -0.15) is 5.26 Å². The van der Waals surface area contributed by atoms with Crippen molar-refractivity contribution in [3.63, 3.8) is 0 Å². The molecule has 1 heterocycles. The molecule has 0 radical (unpaired) electrons. The van der Waals surface area contributed by atoms with Gasteiger partial charge in [0.25, 0.3) is 0 Å². The van der Waals surface area contributed by atoms with Crippen molar-refractivity contribution < 1.29 is 4.79 Å². The quantitative estimate of drug-likeness (QED) is 0.694. The third kappa shape index (κ3) is 4.76. The molecule has 1 aromatic carbocycles. The van der Waals surface area contributed by atoms with Crippen LogP contribution in [0.3, 0.4) is 0 Å². The molecule has 0 aliphatic carbocycles. The Bertz CT molecular complexity index is 823. The third-order valence-electron chi connectivity index (χ3n) is 2.59. The number of halogens is 2. The molecule has 0 bridgehead atoms. The number of aryl methyl sites for hydroxylation is 1. The summed E-state index contributed by atoms with van der Waals surface area (Å²) in [6.07, 6.45) is 0. The Morgan fingerprint density at radius 2 is 2.22 bits per heavy atom. The fourth-order valence-corrected chi connectivity index (χ4v) is 2.99. The molecule has 0 saturated carbocycles. The van der Waals surface area contributed by atoms with Crippen molar-refractivity contribution in [1.82, 2.24) is 4.98 Å². The van der Waals surface area contributed by atoms with Gasteiger partial charge in [0.05, 0.1) is 11.3 Å². The number of nitriles is 1. The summed E-state index contributed by atoms with van der Waals surface area (Å²) in [5.41, 5.74) is 1.62. The van der Waals surface area contributed by atoms with Crippen LogP contribution in [-0.4, -0.2) is 16.2 Å². The molecule has 0 aliphatic rings. The smallest absolute Gasteiger partial charge is 0.308 e. The van der Waals surface area contributed by atoms with E-state index in [1.165, 1.54) is 11.3 Å². The van der Waals surface area contributed by atoms with Crippen LogP contribution in [-0.2, 0) is 0 Å². The summed E-state index contributed by atoms with van der Waals surface area (Å²) in [7, 11) is 0. The number of benzene rings is 1. The van der Waals surface area contributed by atoms with E-state index in [9.17, 15) is 4.79 Å². The summed E-state index contributed by atoms with van der Waals surface area (Å²) in [6.45, 7) is 3.45. The minimum absolute atomic E-state index is 0.395. The number of aliphatic imine (C=N–C) groups is 1. The summed E-state index contributed by atoms with van der Waals surface area (Å²) in [6, 6.07) is 6.53. The van der Waals surface area contributed by atoms with Crippen molar-refractivity contribution in [2.75, 3.05) is 10.6 Å². The van der Waals surface area contributed by atoms with Gasteiger partial charge in [0.15, 0.2) is 5.13 Å². The molecule has 1 aromatic heterocycles. The van der Waals surface area contributed by atoms with Gasteiger partial charge in [-0.05, 0) is 48.0 Å². The van der Waals surface area contributed by atoms with Crippen LogP contribution in [0.25, 0.3) is 0 Å². The SMILES string of the molecule is C/C(Cl)=N\c1sc(NC(=O)Nc2ccc(Br)c(C#N)c2)nc1C. The Labute approximate surface area is 150 Å². The first-order valence-electron chi connectivity index (χ1n) is 6.35. The molecule has 0 saturated heterocycles. The molecule has 0 spiro atoms. The summed E-state index contributed by atoms with van der Waals surface area (Å²) >= 11 is 10.2. The number of rotatable bonds is 3. The van der Waals surface area contributed by atoms with Crippen molar-refractivity contribution in [3.8, 4) is 6.07 Å². The maximum Gasteiger partial charge on any atom is 0.325 e. The number of nitrogens with zero attached hydrogens (tertiary/aromatic N) is 3. The zero-order valence-corrected chi connectivity index (χ0v) is 15.3. The van der Waals surface area contributed by atoms with Crippen LogP contribution in [0.4, 0.5) is 20.6 Å². The molecule has 118 valence electrons. The summed E-state index contributed by atoms with van der Waals surface area (Å²) in [4.78, 5) is 20.3. The number of aromatic nitrogens is 1. The number of carbonyl (C=O) groups is 1. The van der Waals surface area contributed by atoms with E-state index >= 15 is 0 Å². The highest BCUT2D eigenvalue weighted by Gasteiger charge is 2.11. The van der Waals surface area contributed by atoms with Gasteiger partial charge >= 0.3 is 6.03 Å². The van der Waals surface area contributed by atoms with Gasteiger partial charge in [-0.3, -0.25) is 5.32 Å². The lowest BCUT2D eigenvalue weighted by molar-refractivity contribution is 0.262. The van der Waals surface area contributed by atoms with Crippen LogP contribution in [0.15, 0.2) is 27.7 Å². The summed E-state index contributed by atoms with van der Waals surface area (Å²) < 4.78 is 0.667. The predicted octanol–water partition coefficient (Wildman–Crippen LogP) is 5.02. The molecule has 0 atom stereocenters. The first-order valence-corrected chi connectivity index (χ1v) is 8.33. The van der Waals surface area contributed by atoms with E-state index in [1.807, 2.05) is 6.07 Å². The zero-order chi connectivity index (χ0) is 17.0. The fraction of sp³-hybridized carbons (Fsp3) is 0.143. The second kappa shape index (κ2) is 7.55. The van der Waals surface area contributed by atoms with Crippen LogP contribution >= 0.6 is 38.9 Å². The average molecular weight is 413 g/mol. The Hall–Kier alpha value is -1.95. The lowest BCUT2D eigenvalue weighted by Crippen LogP contribution is -2.19. The molecule has 0 fully saturated rings. The minimum Gasteiger partial charge on any atom is -0.308 e. The Kier molecular flexibility index (Phi) is 5.71. The summed E-state index contributed by atoms with van der Waals surface area (Å²) in [5.74, 6) is 0. The molecular formula is C14H11BrClN5OS. The molecule has 2 amide bonds. The topological polar surface area (TPSA) is 90.2 Å². The highest BCUT2D eigenvalue weighted by Crippen LogP contribution is 2.31. The van der Waals surface area contributed by atoms with Gasteiger partial charge in [0.2, 0.25) is 0 Å². The minimum atomic E-state index is -0.455. The van der Waals surface area contributed by atoms with Gasteiger partial charge in [-0.25, -0.2) is 14.8 Å². The Balaban J connectivity index is 2.08. The maximum atomic E-state index is 12.0. The van der Waals surface area contributed by atoms with E-state index < -0.39 is 6.03 Å². The third-order valence-corrected chi connectivity index (χ3v) is 4.34. The van der Waals surface area contributed by atoms with E-state index in [4.69, 9.17) is 16.9 Å². The first-order chi connectivity index (χ1) is 10.9. The lowest BCUT2D eigenvalue weighted by atomic mass is 10.2. The highest BCUT2D eigenvalue weighted by molar-refractivity contribution is 9.10. The molecule has 2 N–H and O–H groups in total. The number of anilines is 2. The van der Waals surface area contributed by atoms with Crippen molar-refractivity contribution in [3.05, 3.63) is 33.9 Å². The molecule has 0 aliphatic heterocycles. The number of urea groups is 1. The Morgan fingerprint density at radius 1 is 1.48 bits per heavy atom. The van der Waals surface area contributed by atoms with E-state index in [2.05, 4.69) is 36.5 Å². The van der Waals surface area contributed by atoms with Gasteiger partial charge in [0, 0.05) is 10.2 Å². The van der Waals surface area contributed by atoms with Gasteiger partial charge < -0.3 is 5.32 Å². The van der Waals surface area contributed by atoms with Gasteiger partial charge in [-0.1, -0.05) is 22.9 Å². The molecule has 6 nitrogen and oxygen atoms in total. The van der Waals surface area contributed by atoms with Crippen LogP contribution in [0.5, 0.6) is 0 Å². The second-order valence-corrected chi connectivity index (χ2v) is 6.78. The Morgan fingerprint density at radius 3 is 2.87 bits per heavy atom. The standard InChI is InChI=1S/C14H11BrClN5OS/c1-7-12(19-8(2)16)23-14(18-7)21-13(22)20-10-3-4-11(15)9(5-10)6-17/h3-5H,1-2H3,(H2,18,20,21,22)/b19-8+. The van der Waals surface area contributed by atoms with Crippen molar-refractivity contribution in [2.24, 2.45) is 4.99 Å². The number of thiazole rings is 1. The van der Waals surface area contributed by atoms with Crippen LogP contribution in [0.2, 0.25) is 0 Å². The monoisotopic (exact) mass is 411 g/mol. The number of hydrogen-bond donors (Lipinski definition) is 2. The van der Waals surface area contributed by atoms with Crippen molar-refractivity contribution >= 4 is 65.9 Å². The highest BCUT2D eigenvalue weighted by atomic mass is 79.9. The van der Waals surface area contributed by atoms with Crippen molar-refractivity contribution in [2.45, 2.75) is 13.8 Å². The van der Waals surface area contributed by atoms with Gasteiger partial charge in [-0.15, -0.1) is 0 Å². The molecule has 0 unspecified atom stereocenters. The molecule has 2 aromatic rings. The van der Waals surface area contributed by atoms with Crippen LogP contribution < -0.4 is 10.6 Å².